The van der Waals surface area contributed by atoms with E-state index in [1.165, 1.54) is 13.2 Å². The van der Waals surface area contributed by atoms with Crippen LogP contribution in [0.15, 0.2) is 18.2 Å². The van der Waals surface area contributed by atoms with Crippen LogP contribution in [0.25, 0.3) is 0 Å². The SMILES string of the molecule is COc1cc(NCO)cc(C(F)(F)F)c1. The molecule has 0 atom stereocenters. The maximum atomic E-state index is 12.4. The molecule has 1 rings (SSSR count). The number of aliphatic hydroxyl groups is 1. The Bertz CT molecular complexity index is 339. The van der Waals surface area contributed by atoms with Crippen LogP contribution in [-0.4, -0.2) is 18.9 Å². The van der Waals surface area contributed by atoms with E-state index in [1.807, 2.05) is 0 Å². The van der Waals surface area contributed by atoms with Crippen molar-refractivity contribution in [3.63, 3.8) is 0 Å². The van der Waals surface area contributed by atoms with E-state index in [2.05, 4.69) is 5.32 Å². The minimum absolute atomic E-state index is 0.0841. The zero-order valence-electron chi connectivity index (χ0n) is 7.93. The van der Waals surface area contributed by atoms with E-state index in [0.29, 0.717) is 0 Å². The highest BCUT2D eigenvalue weighted by molar-refractivity contribution is 5.51. The molecule has 0 heterocycles. The average Bonchev–Trinajstić information content (AvgIpc) is 2.16. The molecule has 1 aromatic carbocycles. The summed E-state index contributed by atoms with van der Waals surface area (Å²) in [6.07, 6.45) is -4.43. The summed E-state index contributed by atoms with van der Waals surface area (Å²) in [5.41, 5.74) is -0.665. The number of hydrogen-bond acceptors (Lipinski definition) is 3. The third-order valence-corrected chi connectivity index (χ3v) is 1.75. The minimum atomic E-state index is -4.43. The molecule has 0 radical (unpaired) electrons. The first-order chi connectivity index (χ1) is 6.97. The van der Waals surface area contributed by atoms with E-state index in [-0.39, 0.29) is 11.4 Å². The van der Waals surface area contributed by atoms with Gasteiger partial charge in [-0.25, -0.2) is 0 Å². The normalized spacial score (nSPS) is 11.3. The first kappa shape index (κ1) is 11.6. The summed E-state index contributed by atoms with van der Waals surface area (Å²) in [6, 6.07) is 3.16. The lowest BCUT2D eigenvalue weighted by molar-refractivity contribution is -0.137. The van der Waals surface area contributed by atoms with Gasteiger partial charge in [-0.15, -0.1) is 0 Å². The fraction of sp³-hybridized carbons (Fsp3) is 0.333. The average molecular weight is 221 g/mol. The van der Waals surface area contributed by atoms with Gasteiger partial charge in [-0.2, -0.15) is 13.2 Å². The molecule has 3 nitrogen and oxygen atoms in total. The van der Waals surface area contributed by atoms with Crippen molar-refractivity contribution in [1.82, 2.24) is 0 Å². The molecular weight excluding hydrogens is 211 g/mol. The lowest BCUT2D eigenvalue weighted by Gasteiger charge is -2.11. The number of methoxy groups -OCH3 is 1. The number of anilines is 1. The van der Waals surface area contributed by atoms with Crippen molar-refractivity contribution in [2.75, 3.05) is 19.2 Å². The first-order valence-electron chi connectivity index (χ1n) is 4.08. The smallest absolute Gasteiger partial charge is 0.416 e. The molecule has 0 fully saturated rings. The van der Waals surface area contributed by atoms with Crippen molar-refractivity contribution < 1.29 is 23.0 Å². The maximum Gasteiger partial charge on any atom is 0.416 e. The van der Waals surface area contributed by atoms with Gasteiger partial charge in [-0.3, -0.25) is 0 Å². The molecule has 84 valence electrons. The van der Waals surface area contributed by atoms with Crippen molar-refractivity contribution >= 4 is 5.69 Å². The fourth-order valence-corrected chi connectivity index (χ4v) is 1.07. The molecule has 6 heteroatoms. The van der Waals surface area contributed by atoms with Crippen LogP contribution in [-0.2, 0) is 6.18 Å². The van der Waals surface area contributed by atoms with Crippen molar-refractivity contribution in [1.29, 1.82) is 0 Å². The quantitative estimate of drug-likeness (QED) is 0.768. The number of alkyl halides is 3. The minimum Gasteiger partial charge on any atom is -0.497 e. The van der Waals surface area contributed by atoms with Gasteiger partial charge < -0.3 is 15.2 Å². The Morgan fingerprint density at radius 2 is 2.00 bits per heavy atom. The number of halogens is 3. The molecule has 0 aliphatic heterocycles. The summed E-state index contributed by atoms with van der Waals surface area (Å²) in [4.78, 5) is 0. The third-order valence-electron chi connectivity index (χ3n) is 1.75. The second-order valence-corrected chi connectivity index (χ2v) is 2.78. The summed E-state index contributed by atoms with van der Waals surface area (Å²) >= 11 is 0. The molecule has 1 aromatic rings. The number of benzene rings is 1. The van der Waals surface area contributed by atoms with Crippen LogP contribution in [0.4, 0.5) is 18.9 Å². The Labute approximate surface area is 84.5 Å². The van der Waals surface area contributed by atoms with Gasteiger partial charge in [-0.1, -0.05) is 0 Å². The fourth-order valence-electron chi connectivity index (χ4n) is 1.07. The monoisotopic (exact) mass is 221 g/mol. The second-order valence-electron chi connectivity index (χ2n) is 2.78. The second kappa shape index (κ2) is 4.39. The van der Waals surface area contributed by atoms with Gasteiger partial charge in [0.05, 0.1) is 12.7 Å². The molecule has 15 heavy (non-hydrogen) atoms. The van der Waals surface area contributed by atoms with Crippen LogP contribution in [0.2, 0.25) is 0 Å². The lowest BCUT2D eigenvalue weighted by atomic mass is 10.2. The van der Waals surface area contributed by atoms with Gasteiger partial charge in [0.25, 0.3) is 0 Å². The molecular formula is C9H10F3NO2. The zero-order valence-corrected chi connectivity index (χ0v) is 7.93. The molecule has 0 bridgehead atoms. The predicted octanol–water partition coefficient (Wildman–Crippen LogP) is 2.08. The Balaban J connectivity index is 3.11. The molecule has 0 amide bonds. The van der Waals surface area contributed by atoms with Crippen LogP contribution in [0.3, 0.4) is 0 Å². The van der Waals surface area contributed by atoms with E-state index < -0.39 is 18.5 Å². The molecule has 0 saturated heterocycles. The third kappa shape index (κ3) is 3.02. The number of nitrogens with one attached hydrogen (secondary N) is 1. The Kier molecular flexibility index (Phi) is 3.41. The molecule has 0 saturated carbocycles. The summed E-state index contributed by atoms with van der Waals surface area (Å²) < 4.78 is 41.9. The van der Waals surface area contributed by atoms with E-state index in [4.69, 9.17) is 9.84 Å². The topological polar surface area (TPSA) is 41.5 Å². The maximum absolute atomic E-state index is 12.4. The van der Waals surface area contributed by atoms with Gasteiger partial charge in [-0.05, 0) is 12.1 Å². The first-order valence-corrected chi connectivity index (χ1v) is 4.08. The molecule has 0 unspecified atom stereocenters. The van der Waals surface area contributed by atoms with Crippen LogP contribution >= 0.6 is 0 Å². The molecule has 0 aliphatic rings. The van der Waals surface area contributed by atoms with E-state index in [0.717, 1.165) is 12.1 Å². The lowest BCUT2D eigenvalue weighted by Crippen LogP contribution is -2.07. The van der Waals surface area contributed by atoms with Crippen LogP contribution in [0.5, 0.6) is 5.75 Å². The van der Waals surface area contributed by atoms with Gasteiger partial charge in [0.15, 0.2) is 0 Å². The number of ether oxygens (including phenoxy) is 1. The van der Waals surface area contributed by atoms with Crippen molar-refractivity contribution in [2.24, 2.45) is 0 Å². The predicted molar refractivity (Wildman–Crippen MR) is 48.7 cm³/mol. The Morgan fingerprint density at radius 3 is 2.47 bits per heavy atom. The summed E-state index contributed by atoms with van der Waals surface area (Å²) in [5.74, 6) is 0.0841. The summed E-state index contributed by atoms with van der Waals surface area (Å²) in [7, 11) is 1.28. The van der Waals surface area contributed by atoms with Crippen molar-refractivity contribution in [3.8, 4) is 5.75 Å². The number of aliphatic hydroxyl groups excluding tert-OH is 1. The van der Waals surface area contributed by atoms with Crippen molar-refractivity contribution in [2.45, 2.75) is 6.18 Å². The largest absolute Gasteiger partial charge is 0.497 e. The van der Waals surface area contributed by atoms with Crippen LogP contribution in [0.1, 0.15) is 5.56 Å². The van der Waals surface area contributed by atoms with E-state index >= 15 is 0 Å². The Morgan fingerprint density at radius 1 is 1.33 bits per heavy atom. The van der Waals surface area contributed by atoms with Gasteiger partial charge >= 0.3 is 6.18 Å². The number of hydrogen-bond donors (Lipinski definition) is 2. The highest BCUT2D eigenvalue weighted by Crippen LogP contribution is 2.33. The summed E-state index contributed by atoms with van der Waals surface area (Å²) in [5, 5.41) is 10.9. The van der Waals surface area contributed by atoms with Gasteiger partial charge in [0.1, 0.15) is 12.5 Å². The zero-order chi connectivity index (χ0) is 11.5. The highest BCUT2D eigenvalue weighted by Gasteiger charge is 2.31. The van der Waals surface area contributed by atoms with Crippen molar-refractivity contribution in [3.05, 3.63) is 23.8 Å². The van der Waals surface area contributed by atoms with E-state index in [1.54, 1.807) is 0 Å². The molecule has 2 N–H and O–H groups in total. The number of rotatable bonds is 3. The highest BCUT2D eigenvalue weighted by atomic mass is 19.4. The molecule has 0 spiro atoms. The van der Waals surface area contributed by atoms with Crippen LogP contribution < -0.4 is 10.1 Å². The van der Waals surface area contributed by atoms with Gasteiger partial charge in [0, 0.05) is 11.8 Å². The summed E-state index contributed by atoms with van der Waals surface area (Å²) in [6.45, 7) is -0.440. The Hall–Kier alpha value is -1.43. The molecule has 0 aromatic heterocycles. The molecule has 0 aliphatic carbocycles. The van der Waals surface area contributed by atoms with Gasteiger partial charge in [0.2, 0.25) is 0 Å². The standard InChI is InChI=1S/C9H10F3NO2/c1-15-8-3-6(9(10,11)12)2-7(4-8)13-5-14/h2-4,13-14H,5H2,1H3. The van der Waals surface area contributed by atoms with Crippen LogP contribution in [0, 0.1) is 0 Å². The van der Waals surface area contributed by atoms with E-state index in [9.17, 15) is 13.2 Å².